The number of rotatable bonds is 1. The number of hydrogen-bond acceptors (Lipinski definition) is 1. The number of nitrogens with one attached hydrogen (secondary N) is 1. The van der Waals surface area contributed by atoms with E-state index in [0.29, 0.717) is 0 Å². The van der Waals surface area contributed by atoms with Crippen LogP contribution in [0.2, 0.25) is 0 Å². The van der Waals surface area contributed by atoms with Gasteiger partial charge in [-0.05, 0) is 19.8 Å². The fourth-order valence-corrected chi connectivity index (χ4v) is 1.48. The Morgan fingerprint density at radius 1 is 1.22 bits per heavy atom. The Morgan fingerprint density at radius 2 is 1.78 bits per heavy atom. The summed E-state index contributed by atoms with van der Waals surface area (Å²) in [7, 11) is 5.39. The van der Waals surface area contributed by atoms with Gasteiger partial charge >= 0.3 is 0 Å². The third kappa shape index (κ3) is 1.72. The predicted octanol–water partition coefficient (Wildman–Crippen LogP) is 1.38. The summed E-state index contributed by atoms with van der Waals surface area (Å²) in [6, 6.07) is 0. The van der Waals surface area contributed by atoms with Crippen LogP contribution in [0.1, 0.15) is 39.0 Å². The lowest BCUT2D eigenvalue weighted by Gasteiger charge is -2.33. The standard InChI is InChI=1S/C7H14BN/c1-7(9-8)5-3-2-4-6-7/h9H,2-6H2,1H3. The van der Waals surface area contributed by atoms with Gasteiger partial charge in [-0.2, -0.15) is 0 Å². The van der Waals surface area contributed by atoms with Crippen LogP contribution in [0.5, 0.6) is 0 Å². The third-order valence-electron chi connectivity index (χ3n) is 2.31. The first-order valence-corrected chi connectivity index (χ1v) is 3.75. The lowest BCUT2D eigenvalue weighted by Crippen LogP contribution is -2.42. The van der Waals surface area contributed by atoms with E-state index in [4.69, 9.17) is 7.98 Å². The van der Waals surface area contributed by atoms with Crippen LogP contribution in [-0.2, 0) is 0 Å². The van der Waals surface area contributed by atoms with Crippen molar-refractivity contribution in [2.75, 3.05) is 0 Å². The van der Waals surface area contributed by atoms with Gasteiger partial charge in [-0.25, -0.2) is 0 Å². The highest BCUT2D eigenvalue weighted by molar-refractivity contribution is 6.04. The highest BCUT2D eigenvalue weighted by Crippen LogP contribution is 2.26. The molecule has 1 N–H and O–H groups in total. The third-order valence-corrected chi connectivity index (χ3v) is 2.31. The largest absolute Gasteiger partial charge is 0.361 e. The molecule has 1 nitrogen and oxygen atoms in total. The van der Waals surface area contributed by atoms with Crippen molar-refractivity contribution in [3.8, 4) is 0 Å². The van der Waals surface area contributed by atoms with E-state index in [1.165, 1.54) is 32.1 Å². The maximum Gasteiger partial charge on any atom is 0.178 e. The van der Waals surface area contributed by atoms with Gasteiger partial charge in [0.25, 0.3) is 0 Å². The average Bonchev–Trinajstić information content (AvgIpc) is 1.90. The molecular weight excluding hydrogens is 109 g/mol. The molecule has 0 bridgehead atoms. The summed E-state index contributed by atoms with van der Waals surface area (Å²) in [6.07, 6.45) is 6.53. The zero-order valence-corrected chi connectivity index (χ0v) is 6.11. The minimum atomic E-state index is 0.248. The van der Waals surface area contributed by atoms with E-state index in [9.17, 15) is 0 Å². The van der Waals surface area contributed by atoms with Crippen LogP contribution in [0.15, 0.2) is 0 Å². The van der Waals surface area contributed by atoms with Gasteiger partial charge in [-0.3, -0.25) is 0 Å². The molecule has 2 radical (unpaired) electrons. The molecule has 0 aromatic carbocycles. The van der Waals surface area contributed by atoms with E-state index in [0.717, 1.165) is 0 Å². The van der Waals surface area contributed by atoms with Gasteiger partial charge in [0.1, 0.15) is 0 Å². The molecule has 50 valence electrons. The monoisotopic (exact) mass is 123 g/mol. The quantitative estimate of drug-likeness (QED) is 0.519. The molecule has 0 spiro atoms. The molecule has 0 atom stereocenters. The molecule has 0 saturated heterocycles. The van der Waals surface area contributed by atoms with E-state index in [1.54, 1.807) is 0 Å². The van der Waals surface area contributed by atoms with Crippen LogP contribution in [0.4, 0.5) is 0 Å². The van der Waals surface area contributed by atoms with Gasteiger partial charge in [-0.1, -0.05) is 19.3 Å². The minimum Gasteiger partial charge on any atom is -0.361 e. The topological polar surface area (TPSA) is 12.0 Å². The lowest BCUT2D eigenvalue weighted by molar-refractivity contribution is 0.298. The summed E-state index contributed by atoms with van der Waals surface area (Å²) in [4.78, 5) is 0. The zero-order valence-electron chi connectivity index (χ0n) is 6.11. The highest BCUT2D eigenvalue weighted by atomic mass is 14.9. The van der Waals surface area contributed by atoms with E-state index in [2.05, 4.69) is 12.2 Å². The first kappa shape index (κ1) is 7.14. The van der Waals surface area contributed by atoms with E-state index in [1.807, 2.05) is 0 Å². The second kappa shape index (κ2) is 2.74. The van der Waals surface area contributed by atoms with Crippen molar-refractivity contribution in [2.45, 2.75) is 44.6 Å². The first-order valence-electron chi connectivity index (χ1n) is 3.75. The highest BCUT2D eigenvalue weighted by Gasteiger charge is 2.23. The van der Waals surface area contributed by atoms with Gasteiger partial charge in [0.15, 0.2) is 7.98 Å². The van der Waals surface area contributed by atoms with Crippen molar-refractivity contribution in [3.63, 3.8) is 0 Å². The molecular formula is C7H14BN. The fourth-order valence-electron chi connectivity index (χ4n) is 1.48. The van der Waals surface area contributed by atoms with Gasteiger partial charge < -0.3 is 5.23 Å². The Hall–Kier alpha value is 0.0249. The maximum atomic E-state index is 5.39. The molecule has 1 rings (SSSR count). The Morgan fingerprint density at radius 3 is 2.11 bits per heavy atom. The normalized spacial score (nSPS) is 25.9. The summed E-state index contributed by atoms with van der Waals surface area (Å²) in [5.41, 5.74) is 0.248. The smallest absolute Gasteiger partial charge is 0.178 e. The van der Waals surface area contributed by atoms with Crippen LogP contribution in [0, 0.1) is 0 Å². The molecule has 1 fully saturated rings. The van der Waals surface area contributed by atoms with Crippen molar-refractivity contribution in [1.29, 1.82) is 0 Å². The van der Waals surface area contributed by atoms with Crippen LogP contribution in [-0.4, -0.2) is 13.5 Å². The molecule has 0 unspecified atom stereocenters. The van der Waals surface area contributed by atoms with Gasteiger partial charge in [0.05, 0.1) is 0 Å². The van der Waals surface area contributed by atoms with Crippen molar-refractivity contribution < 1.29 is 0 Å². The number of hydrogen-bond donors (Lipinski definition) is 1. The Balaban J connectivity index is 2.37. The molecule has 9 heavy (non-hydrogen) atoms. The molecule has 2 heteroatoms. The average molecular weight is 123 g/mol. The van der Waals surface area contributed by atoms with Crippen molar-refractivity contribution in [1.82, 2.24) is 5.23 Å². The molecule has 1 aliphatic rings. The Bertz CT molecular complexity index is 86.9. The van der Waals surface area contributed by atoms with Crippen molar-refractivity contribution in [2.24, 2.45) is 0 Å². The lowest BCUT2D eigenvalue weighted by atomic mass is 9.82. The predicted molar refractivity (Wildman–Crippen MR) is 40.4 cm³/mol. The van der Waals surface area contributed by atoms with Crippen LogP contribution in [0.3, 0.4) is 0 Å². The van der Waals surface area contributed by atoms with Gasteiger partial charge in [0, 0.05) is 5.54 Å². The second-order valence-corrected chi connectivity index (χ2v) is 3.27. The second-order valence-electron chi connectivity index (χ2n) is 3.27. The molecule has 0 aromatic heterocycles. The molecule has 1 saturated carbocycles. The fraction of sp³-hybridized carbons (Fsp3) is 1.00. The van der Waals surface area contributed by atoms with Crippen LogP contribution < -0.4 is 5.23 Å². The summed E-state index contributed by atoms with van der Waals surface area (Å²) < 4.78 is 0. The SMILES string of the molecule is [B]NC1(C)CCCCC1. The summed E-state index contributed by atoms with van der Waals surface area (Å²) in [6.45, 7) is 2.20. The summed E-state index contributed by atoms with van der Waals surface area (Å²) in [5, 5.41) is 2.88. The molecule has 0 aromatic rings. The Labute approximate surface area is 58.6 Å². The van der Waals surface area contributed by atoms with Crippen LogP contribution in [0.25, 0.3) is 0 Å². The molecule has 0 heterocycles. The maximum absolute atomic E-state index is 5.39. The molecule has 0 amide bonds. The zero-order chi connectivity index (χ0) is 6.74. The Kier molecular flexibility index (Phi) is 2.17. The molecule has 0 aliphatic heterocycles. The summed E-state index contributed by atoms with van der Waals surface area (Å²) >= 11 is 0. The van der Waals surface area contributed by atoms with Crippen molar-refractivity contribution in [3.05, 3.63) is 0 Å². The van der Waals surface area contributed by atoms with Crippen LogP contribution >= 0.6 is 0 Å². The minimum absolute atomic E-state index is 0.248. The van der Waals surface area contributed by atoms with Gasteiger partial charge in [0.2, 0.25) is 0 Å². The first-order chi connectivity index (χ1) is 4.27. The van der Waals surface area contributed by atoms with Crippen molar-refractivity contribution >= 4 is 7.98 Å². The molecule has 1 aliphatic carbocycles. The van der Waals surface area contributed by atoms with E-state index in [-0.39, 0.29) is 5.54 Å². The van der Waals surface area contributed by atoms with E-state index >= 15 is 0 Å². The summed E-state index contributed by atoms with van der Waals surface area (Å²) in [5.74, 6) is 0. The van der Waals surface area contributed by atoms with Gasteiger partial charge in [-0.15, -0.1) is 0 Å². The van der Waals surface area contributed by atoms with E-state index < -0.39 is 0 Å².